The molecule has 0 unspecified atom stereocenters. The number of hydrogen-bond acceptors (Lipinski definition) is 5. The van der Waals surface area contributed by atoms with Crippen LogP contribution in [-0.2, 0) is 9.59 Å². The number of thioether (sulfide) groups is 1. The van der Waals surface area contributed by atoms with Crippen LogP contribution in [0.4, 0.5) is 11.4 Å². The summed E-state index contributed by atoms with van der Waals surface area (Å²) in [6.45, 7) is 3.67. The summed E-state index contributed by atoms with van der Waals surface area (Å²) in [5.41, 5.74) is 3.30. The number of hydrogen-bond donors (Lipinski definition) is 3. The average molecular weight is 636 g/mol. The summed E-state index contributed by atoms with van der Waals surface area (Å²) in [7, 11) is 0. The molecule has 0 fully saturated rings. The van der Waals surface area contributed by atoms with E-state index in [1.807, 2.05) is 74.5 Å². The summed E-state index contributed by atoms with van der Waals surface area (Å²) in [6, 6.07) is 34.3. The summed E-state index contributed by atoms with van der Waals surface area (Å²) in [6.07, 6.45) is 1.49. The Balaban J connectivity index is 1.28. The van der Waals surface area contributed by atoms with Gasteiger partial charge >= 0.3 is 0 Å². The van der Waals surface area contributed by atoms with E-state index >= 15 is 0 Å². The molecule has 0 aliphatic heterocycles. The highest BCUT2D eigenvalue weighted by Crippen LogP contribution is 2.28. The first-order valence-electron chi connectivity index (χ1n) is 14.1. The van der Waals surface area contributed by atoms with E-state index in [0.29, 0.717) is 33.5 Å². The van der Waals surface area contributed by atoms with Crippen molar-refractivity contribution in [1.82, 2.24) is 5.32 Å². The van der Waals surface area contributed by atoms with Gasteiger partial charge in [-0.3, -0.25) is 14.4 Å². The van der Waals surface area contributed by atoms with Gasteiger partial charge in [-0.1, -0.05) is 66.2 Å². The maximum absolute atomic E-state index is 13.4. The Kier molecular flexibility index (Phi) is 10.2. The molecule has 7 nitrogen and oxygen atoms in total. The molecule has 0 radical (unpaired) electrons. The Bertz CT molecular complexity index is 1840. The normalized spacial score (nSPS) is 11.8. The van der Waals surface area contributed by atoms with Crippen molar-refractivity contribution >= 4 is 58.5 Å². The fraction of sp³-hybridized carbons (Fsp3) is 0.0833. The van der Waals surface area contributed by atoms with Crippen LogP contribution in [-0.4, -0.2) is 23.0 Å². The molecule has 0 saturated heterocycles. The third-order valence-electron chi connectivity index (χ3n) is 6.82. The number of nitrogens with one attached hydrogen (secondary N) is 3. The minimum Gasteiger partial charge on any atom is -0.457 e. The zero-order valence-electron chi connectivity index (χ0n) is 24.5. The van der Waals surface area contributed by atoms with Crippen LogP contribution in [0.5, 0.6) is 0 Å². The second-order valence-corrected chi connectivity index (χ2v) is 11.9. The lowest BCUT2D eigenvalue weighted by molar-refractivity contribution is -0.115. The predicted octanol–water partition coefficient (Wildman–Crippen LogP) is 8.44. The Morgan fingerprint density at radius 3 is 2.20 bits per heavy atom. The Labute approximate surface area is 270 Å². The van der Waals surface area contributed by atoms with Crippen LogP contribution in [0.25, 0.3) is 17.4 Å². The quantitative estimate of drug-likeness (QED) is 0.106. The van der Waals surface area contributed by atoms with Crippen molar-refractivity contribution in [1.29, 1.82) is 0 Å². The zero-order valence-corrected chi connectivity index (χ0v) is 26.1. The van der Waals surface area contributed by atoms with Crippen molar-refractivity contribution in [3.05, 3.63) is 143 Å². The van der Waals surface area contributed by atoms with Gasteiger partial charge in [0.25, 0.3) is 11.8 Å². The standard InChI is InChI=1S/C36H30ClN3O4S/c1-23-30(37)14-9-15-31(23)39-34(41)24(2)45-29-19-16-27(17-20-29)38-36(43)32(40-35(42)26-12-7-4-8-13-26)22-28-18-21-33(44-28)25-10-5-3-6-11-25/h3-22,24H,1-2H3,(H,38,43)(H,39,41)(H,40,42)/b32-22+/t24-/m1/s1. The molecule has 5 aromatic rings. The first-order valence-corrected chi connectivity index (χ1v) is 15.4. The van der Waals surface area contributed by atoms with E-state index in [9.17, 15) is 14.4 Å². The van der Waals surface area contributed by atoms with Gasteiger partial charge in [-0.05, 0) is 80.1 Å². The predicted molar refractivity (Wildman–Crippen MR) is 181 cm³/mol. The van der Waals surface area contributed by atoms with Crippen molar-refractivity contribution in [3.8, 4) is 11.3 Å². The topological polar surface area (TPSA) is 100 Å². The van der Waals surface area contributed by atoms with Crippen LogP contribution < -0.4 is 16.0 Å². The molecule has 0 saturated carbocycles. The summed E-state index contributed by atoms with van der Waals surface area (Å²) >= 11 is 7.56. The molecule has 0 aliphatic rings. The van der Waals surface area contributed by atoms with E-state index in [1.165, 1.54) is 17.8 Å². The second kappa shape index (κ2) is 14.6. The molecule has 0 bridgehead atoms. The van der Waals surface area contributed by atoms with Crippen molar-refractivity contribution in [2.75, 3.05) is 10.6 Å². The van der Waals surface area contributed by atoms with Gasteiger partial charge in [0.1, 0.15) is 17.2 Å². The van der Waals surface area contributed by atoms with Gasteiger partial charge in [0.05, 0.1) is 5.25 Å². The first-order chi connectivity index (χ1) is 21.8. The third-order valence-corrected chi connectivity index (χ3v) is 8.34. The smallest absolute Gasteiger partial charge is 0.272 e. The minimum absolute atomic E-state index is 0.0119. The van der Waals surface area contributed by atoms with E-state index in [1.54, 1.807) is 54.6 Å². The van der Waals surface area contributed by atoms with E-state index in [-0.39, 0.29) is 16.9 Å². The van der Waals surface area contributed by atoms with Crippen LogP contribution in [0.2, 0.25) is 5.02 Å². The maximum Gasteiger partial charge on any atom is 0.272 e. The molecule has 45 heavy (non-hydrogen) atoms. The van der Waals surface area contributed by atoms with Gasteiger partial charge in [-0.15, -0.1) is 11.8 Å². The van der Waals surface area contributed by atoms with Crippen LogP contribution in [0.1, 0.15) is 28.6 Å². The highest BCUT2D eigenvalue weighted by atomic mass is 35.5. The van der Waals surface area contributed by atoms with Gasteiger partial charge in [0.15, 0.2) is 0 Å². The number of rotatable bonds is 10. The summed E-state index contributed by atoms with van der Waals surface area (Å²) < 4.78 is 5.96. The number of carbonyl (C=O) groups excluding carboxylic acids is 3. The van der Waals surface area contributed by atoms with Crippen LogP contribution >= 0.6 is 23.4 Å². The van der Waals surface area contributed by atoms with E-state index in [0.717, 1.165) is 16.0 Å². The molecule has 1 aromatic heterocycles. The van der Waals surface area contributed by atoms with Gasteiger partial charge in [-0.25, -0.2) is 0 Å². The molecule has 3 N–H and O–H groups in total. The summed E-state index contributed by atoms with van der Waals surface area (Å²) in [4.78, 5) is 40.1. The second-order valence-electron chi connectivity index (χ2n) is 10.1. The van der Waals surface area contributed by atoms with Gasteiger partial charge in [0.2, 0.25) is 5.91 Å². The SMILES string of the molecule is Cc1c(Cl)cccc1NC(=O)[C@@H](C)Sc1ccc(NC(=O)/C(=C\c2ccc(-c3ccccc3)o2)NC(=O)c2ccccc2)cc1. The van der Waals surface area contributed by atoms with Gasteiger partial charge in [-0.2, -0.15) is 0 Å². The van der Waals surface area contributed by atoms with Crippen LogP contribution in [0.15, 0.2) is 130 Å². The van der Waals surface area contributed by atoms with Gasteiger partial charge < -0.3 is 20.4 Å². The van der Waals surface area contributed by atoms with Gasteiger partial charge in [0, 0.05) is 38.5 Å². The molecule has 5 rings (SSSR count). The van der Waals surface area contributed by atoms with Crippen molar-refractivity contribution in [2.24, 2.45) is 0 Å². The lowest BCUT2D eigenvalue weighted by Gasteiger charge is -2.15. The minimum atomic E-state index is -0.526. The Hall–Kier alpha value is -5.05. The molecule has 0 aliphatic carbocycles. The average Bonchev–Trinajstić information content (AvgIpc) is 3.53. The Morgan fingerprint density at radius 1 is 0.800 bits per heavy atom. The van der Waals surface area contributed by atoms with E-state index in [2.05, 4.69) is 16.0 Å². The lowest BCUT2D eigenvalue weighted by Crippen LogP contribution is -2.30. The highest BCUT2D eigenvalue weighted by molar-refractivity contribution is 8.00. The molecule has 1 heterocycles. The Morgan fingerprint density at radius 2 is 1.49 bits per heavy atom. The number of halogens is 1. The molecule has 0 spiro atoms. The molecular formula is C36H30ClN3O4S. The highest BCUT2D eigenvalue weighted by Gasteiger charge is 2.18. The summed E-state index contributed by atoms with van der Waals surface area (Å²) in [5.74, 6) is -0.0742. The van der Waals surface area contributed by atoms with Crippen LogP contribution in [0.3, 0.4) is 0 Å². The molecule has 1 atom stereocenters. The monoisotopic (exact) mass is 635 g/mol. The third kappa shape index (κ3) is 8.32. The molecule has 9 heteroatoms. The molecule has 4 aromatic carbocycles. The molecular weight excluding hydrogens is 606 g/mol. The fourth-order valence-electron chi connectivity index (χ4n) is 4.32. The van der Waals surface area contributed by atoms with Crippen molar-refractivity contribution < 1.29 is 18.8 Å². The lowest BCUT2D eigenvalue weighted by atomic mass is 10.2. The van der Waals surface area contributed by atoms with Crippen molar-refractivity contribution in [2.45, 2.75) is 24.0 Å². The number of carbonyl (C=O) groups is 3. The van der Waals surface area contributed by atoms with E-state index < -0.39 is 11.8 Å². The first kappa shape index (κ1) is 31.4. The van der Waals surface area contributed by atoms with Crippen LogP contribution in [0, 0.1) is 6.92 Å². The fourth-order valence-corrected chi connectivity index (χ4v) is 5.36. The number of benzene rings is 4. The van der Waals surface area contributed by atoms with E-state index in [4.69, 9.17) is 16.0 Å². The number of furan rings is 1. The largest absolute Gasteiger partial charge is 0.457 e. The molecule has 3 amide bonds. The maximum atomic E-state index is 13.4. The zero-order chi connectivity index (χ0) is 31.8. The summed E-state index contributed by atoms with van der Waals surface area (Å²) in [5, 5.41) is 8.69. The number of anilines is 2. The van der Waals surface area contributed by atoms with Crippen molar-refractivity contribution in [3.63, 3.8) is 0 Å². The number of amides is 3. The molecule has 226 valence electrons.